The van der Waals surface area contributed by atoms with Crippen molar-refractivity contribution in [2.75, 3.05) is 20.1 Å². The van der Waals surface area contributed by atoms with Crippen molar-refractivity contribution in [3.8, 4) is 0 Å². The molecule has 1 N–H and O–H groups in total. The molecule has 13 heavy (non-hydrogen) atoms. The second-order valence-electron chi connectivity index (χ2n) is 3.32. The van der Waals surface area contributed by atoms with Crippen LogP contribution in [0.25, 0.3) is 0 Å². The first kappa shape index (κ1) is 12.7. The van der Waals surface area contributed by atoms with Crippen molar-refractivity contribution in [3.05, 3.63) is 0 Å². The Labute approximate surface area is 86.3 Å². The zero-order chi connectivity index (χ0) is 8.97. The summed E-state index contributed by atoms with van der Waals surface area (Å²) in [7, 11) is 1.96. The molecular weight excluding hydrogens is 188 g/mol. The molecule has 0 bridgehead atoms. The van der Waals surface area contributed by atoms with Crippen LogP contribution in [0.15, 0.2) is 0 Å². The van der Waals surface area contributed by atoms with Crippen LogP contribution >= 0.6 is 12.4 Å². The van der Waals surface area contributed by atoms with Crippen LogP contribution in [0.3, 0.4) is 0 Å². The molecule has 1 heterocycles. The quantitative estimate of drug-likeness (QED) is 0.732. The fraction of sp³-hybridized carbons (Fsp3) is 0.889. The highest BCUT2D eigenvalue weighted by Gasteiger charge is 2.20. The Morgan fingerprint density at radius 2 is 2.31 bits per heavy atom. The molecule has 1 saturated heterocycles. The summed E-state index contributed by atoms with van der Waals surface area (Å²) in [4.78, 5) is 13.3. The molecule has 0 aliphatic carbocycles. The summed E-state index contributed by atoms with van der Waals surface area (Å²) in [6.07, 6.45) is 2.97. The zero-order valence-corrected chi connectivity index (χ0v) is 9.19. The first-order valence-corrected chi connectivity index (χ1v) is 4.73. The highest BCUT2D eigenvalue weighted by Crippen LogP contribution is 2.10. The van der Waals surface area contributed by atoms with Gasteiger partial charge in [0.25, 0.3) is 0 Å². The van der Waals surface area contributed by atoms with Crippen LogP contribution < -0.4 is 5.32 Å². The van der Waals surface area contributed by atoms with Gasteiger partial charge >= 0.3 is 0 Å². The number of carbonyl (C=O) groups is 1. The standard InChI is InChI=1S/C9H18N2O.ClH/c1-3-9(12)11-6-4-5-8(7-11)10-2;/h8,10H,3-7H2,1-2H3;1H/t8-;/m1./s1. The SMILES string of the molecule is CCC(=O)N1CCC[C@@H](NC)C1.Cl. The number of hydrogen-bond donors (Lipinski definition) is 1. The van der Waals surface area contributed by atoms with Gasteiger partial charge in [-0.3, -0.25) is 4.79 Å². The van der Waals surface area contributed by atoms with E-state index in [1.807, 2.05) is 18.9 Å². The summed E-state index contributed by atoms with van der Waals surface area (Å²) < 4.78 is 0. The van der Waals surface area contributed by atoms with E-state index in [1.54, 1.807) is 0 Å². The second kappa shape index (κ2) is 6.22. The smallest absolute Gasteiger partial charge is 0.222 e. The van der Waals surface area contributed by atoms with Crippen molar-refractivity contribution in [1.29, 1.82) is 0 Å². The Kier molecular flexibility index (Phi) is 6.08. The average Bonchev–Trinajstić information content (AvgIpc) is 2.17. The van der Waals surface area contributed by atoms with Gasteiger partial charge in [0.15, 0.2) is 0 Å². The van der Waals surface area contributed by atoms with Gasteiger partial charge in [0.05, 0.1) is 0 Å². The summed E-state index contributed by atoms with van der Waals surface area (Å²) in [5.74, 6) is 0.287. The van der Waals surface area contributed by atoms with E-state index in [2.05, 4.69) is 5.32 Å². The fourth-order valence-electron chi connectivity index (χ4n) is 1.66. The summed E-state index contributed by atoms with van der Waals surface area (Å²) >= 11 is 0. The lowest BCUT2D eigenvalue weighted by atomic mass is 10.1. The molecule has 1 rings (SSSR count). The summed E-state index contributed by atoms with van der Waals surface area (Å²) in [6.45, 7) is 3.76. The lowest BCUT2D eigenvalue weighted by Crippen LogP contribution is -2.46. The van der Waals surface area contributed by atoms with Crippen molar-refractivity contribution in [2.45, 2.75) is 32.2 Å². The molecule has 1 fully saturated rings. The van der Waals surface area contributed by atoms with E-state index < -0.39 is 0 Å². The van der Waals surface area contributed by atoms with Crippen LogP contribution in [-0.4, -0.2) is 37.0 Å². The van der Waals surface area contributed by atoms with Crippen molar-refractivity contribution < 1.29 is 4.79 Å². The molecule has 78 valence electrons. The number of likely N-dealkylation sites (N-methyl/N-ethyl adjacent to an activating group) is 1. The van der Waals surface area contributed by atoms with Crippen LogP contribution in [0.1, 0.15) is 26.2 Å². The highest BCUT2D eigenvalue weighted by atomic mass is 35.5. The topological polar surface area (TPSA) is 32.3 Å². The van der Waals surface area contributed by atoms with E-state index in [4.69, 9.17) is 0 Å². The molecule has 0 radical (unpaired) electrons. The maximum absolute atomic E-state index is 11.3. The van der Waals surface area contributed by atoms with Gasteiger partial charge in [-0.2, -0.15) is 0 Å². The number of nitrogens with zero attached hydrogens (tertiary/aromatic N) is 1. The Morgan fingerprint density at radius 1 is 1.62 bits per heavy atom. The summed E-state index contributed by atoms with van der Waals surface area (Å²) in [5, 5.41) is 3.22. The van der Waals surface area contributed by atoms with Crippen LogP contribution in [-0.2, 0) is 4.79 Å². The maximum Gasteiger partial charge on any atom is 0.222 e. The molecule has 1 amide bonds. The van der Waals surface area contributed by atoms with Crippen LogP contribution in [0.5, 0.6) is 0 Å². The number of carbonyl (C=O) groups excluding carboxylic acids is 1. The molecule has 3 nitrogen and oxygen atoms in total. The maximum atomic E-state index is 11.3. The molecule has 0 spiro atoms. The third-order valence-electron chi connectivity index (χ3n) is 2.48. The second-order valence-corrected chi connectivity index (χ2v) is 3.32. The van der Waals surface area contributed by atoms with Gasteiger partial charge in [0.1, 0.15) is 0 Å². The minimum atomic E-state index is 0. The van der Waals surface area contributed by atoms with Gasteiger partial charge in [0.2, 0.25) is 5.91 Å². The molecule has 0 aromatic heterocycles. The molecule has 4 heteroatoms. The minimum Gasteiger partial charge on any atom is -0.341 e. The normalized spacial score (nSPS) is 22.3. The minimum absolute atomic E-state index is 0. The van der Waals surface area contributed by atoms with Gasteiger partial charge < -0.3 is 10.2 Å². The molecule has 0 unspecified atom stereocenters. The van der Waals surface area contributed by atoms with Gasteiger partial charge in [-0.15, -0.1) is 12.4 Å². The molecule has 1 aliphatic heterocycles. The molecule has 0 aromatic rings. The Hall–Kier alpha value is -0.280. The number of piperidine rings is 1. The van der Waals surface area contributed by atoms with Crippen LogP contribution in [0, 0.1) is 0 Å². The largest absolute Gasteiger partial charge is 0.341 e. The fourth-order valence-corrected chi connectivity index (χ4v) is 1.66. The number of rotatable bonds is 2. The lowest BCUT2D eigenvalue weighted by Gasteiger charge is -2.32. The number of hydrogen-bond acceptors (Lipinski definition) is 2. The number of likely N-dealkylation sites (tertiary alicyclic amines) is 1. The van der Waals surface area contributed by atoms with E-state index in [9.17, 15) is 4.79 Å². The van der Waals surface area contributed by atoms with Crippen molar-refractivity contribution >= 4 is 18.3 Å². The van der Waals surface area contributed by atoms with Gasteiger partial charge in [0, 0.05) is 25.6 Å². The summed E-state index contributed by atoms with van der Waals surface area (Å²) in [6, 6.07) is 0.509. The lowest BCUT2D eigenvalue weighted by molar-refractivity contribution is -0.132. The van der Waals surface area contributed by atoms with Crippen LogP contribution in [0.4, 0.5) is 0 Å². The van der Waals surface area contributed by atoms with Gasteiger partial charge in [-0.05, 0) is 19.9 Å². The first-order valence-electron chi connectivity index (χ1n) is 4.73. The zero-order valence-electron chi connectivity index (χ0n) is 8.38. The molecule has 0 aromatic carbocycles. The predicted molar refractivity (Wildman–Crippen MR) is 56.2 cm³/mol. The average molecular weight is 207 g/mol. The number of nitrogens with one attached hydrogen (secondary N) is 1. The first-order chi connectivity index (χ1) is 5.77. The number of amides is 1. The number of halogens is 1. The third kappa shape index (κ3) is 3.53. The van der Waals surface area contributed by atoms with E-state index in [0.29, 0.717) is 12.5 Å². The Bertz CT molecular complexity index is 164. The Morgan fingerprint density at radius 3 is 2.85 bits per heavy atom. The summed E-state index contributed by atoms with van der Waals surface area (Å²) in [5.41, 5.74) is 0. The van der Waals surface area contributed by atoms with Crippen molar-refractivity contribution in [3.63, 3.8) is 0 Å². The monoisotopic (exact) mass is 206 g/mol. The van der Waals surface area contributed by atoms with Gasteiger partial charge in [-0.25, -0.2) is 0 Å². The molecular formula is C9H19ClN2O. The van der Waals surface area contributed by atoms with E-state index in [-0.39, 0.29) is 18.3 Å². The van der Waals surface area contributed by atoms with Crippen LogP contribution in [0.2, 0.25) is 0 Å². The molecule has 1 atom stereocenters. The Balaban J connectivity index is 0.00000144. The van der Waals surface area contributed by atoms with Crippen molar-refractivity contribution in [2.24, 2.45) is 0 Å². The van der Waals surface area contributed by atoms with Gasteiger partial charge in [-0.1, -0.05) is 6.92 Å². The predicted octanol–water partition coefficient (Wildman–Crippen LogP) is 1.03. The molecule has 0 saturated carbocycles. The van der Waals surface area contributed by atoms with E-state index >= 15 is 0 Å². The van der Waals surface area contributed by atoms with Crippen molar-refractivity contribution in [1.82, 2.24) is 10.2 Å². The third-order valence-corrected chi connectivity index (χ3v) is 2.48. The van der Waals surface area contributed by atoms with E-state index in [1.165, 1.54) is 6.42 Å². The van der Waals surface area contributed by atoms with E-state index in [0.717, 1.165) is 19.5 Å². The highest BCUT2D eigenvalue weighted by molar-refractivity contribution is 5.85. The molecule has 1 aliphatic rings.